The van der Waals surface area contributed by atoms with Crippen molar-refractivity contribution in [2.75, 3.05) is 5.32 Å². The largest absolute Gasteiger partial charge is 0.324 e. The molecule has 2 aliphatic carbocycles. The van der Waals surface area contributed by atoms with E-state index < -0.39 is 5.41 Å². The predicted octanol–water partition coefficient (Wildman–Crippen LogP) is 3.78. The number of para-hydroxylation sites is 1. The third-order valence-corrected chi connectivity index (χ3v) is 5.80. The van der Waals surface area contributed by atoms with Crippen molar-refractivity contribution in [3.8, 4) is 0 Å². The number of benzene rings is 1. The first-order chi connectivity index (χ1) is 9.38. The average Bonchev–Trinajstić information content (AvgIpc) is 2.93. The number of Topliss-reactive ketones (excluding diaryl/α,β-unsaturated/α-hetero) is 1. The maximum Gasteiger partial charge on any atom is 0.238 e. The van der Waals surface area contributed by atoms with Crippen molar-refractivity contribution in [2.45, 2.75) is 33.1 Å². The zero-order chi connectivity index (χ0) is 14.5. The van der Waals surface area contributed by atoms with Gasteiger partial charge in [0.25, 0.3) is 0 Å². The highest BCUT2D eigenvalue weighted by molar-refractivity contribution is 9.10. The van der Waals surface area contributed by atoms with Gasteiger partial charge in [-0.25, -0.2) is 0 Å². The summed E-state index contributed by atoms with van der Waals surface area (Å²) < 4.78 is 0.837. The first-order valence-electron chi connectivity index (χ1n) is 6.99. The lowest BCUT2D eigenvalue weighted by Gasteiger charge is -2.32. The first-order valence-corrected chi connectivity index (χ1v) is 7.78. The summed E-state index contributed by atoms with van der Waals surface area (Å²) in [5.74, 6) is 0.327. The molecular formula is C16H18BrNO2. The van der Waals surface area contributed by atoms with E-state index in [-0.39, 0.29) is 17.1 Å². The van der Waals surface area contributed by atoms with Gasteiger partial charge < -0.3 is 5.32 Å². The third-order valence-electron chi connectivity index (χ3n) is 5.11. The van der Waals surface area contributed by atoms with Crippen LogP contribution in [0.25, 0.3) is 0 Å². The summed E-state index contributed by atoms with van der Waals surface area (Å²) in [5.41, 5.74) is -0.430. The summed E-state index contributed by atoms with van der Waals surface area (Å²) in [5, 5.41) is 2.93. The van der Waals surface area contributed by atoms with E-state index in [0.29, 0.717) is 18.8 Å². The van der Waals surface area contributed by atoms with Gasteiger partial charge in [-0.1, -0.05) is 26.0 Å². The number of carbonyl (C=O) groups excluding carboxylic acids is 2. The minimum atomic E-state index is -0.802. The van der Waals surface area contributed by atoms with Crippen molar-refractivity contribution >= 4 is 33.3 Å². The maximum atomic E-state index is 12.7. The van der Waals surface area contributed by atoms with Crippen LogP contribution in [0.15, 0.2) is 28.7 Å². The number of rotatable bonds is 2. The van der Waals surface area contributed by atoms with E-state index in [0.717, 1.165) is 16.6 Å². The Morgan fingerprint density at radius 2 is 2.05 bits per heavy atom. The summed E-state index contributed by atoms with van der Waals surface area (Å²) >= 11 is 3.42. The zero-order valence-electron chi connectivity index (χ0n) is 11.7. The van der Waals surface area contributed by atoms with E-state index in [4.69, 9.17) is 0 Å². The molecule has 4 heteroatoms. The molecule has 1 N–H and O–H groups in total. The number of ketones is 1. The highest BCUT2D eigenvalue weighted by Gasteiger charge is 2.65. The fraction of sp³-hybridized carbons (Fsp3) is 0.500. The van der Waals surface area contributed by atoms with Gasteiger partial charge in [-0.3, -0.25) is 9.59 Å². The minimum absolute atomic E-state index is 0.116. The van der Waals surface area contributed by atoms with Crippen LogP contribution in [-0.2, 0) is 9.59 Å². The maximum absolute atomic E-state index is 12.7. The molecule has 2 saturated carbocycles. The molecule has 0 spiro atoms. The summed E-state index contributed by atoms with van der Waals surface area (Å²) in [6, 6.07) is 7.49. The molecule has 2 bridgehead atoms. The van der Waals surface area contributed by atoms with Gasteiger partial charge in [0.15, 0.2) is 5.78 Å². The fourth-order valence-electron chi connectivity index (χ4n) is 3.78. The summed E-state index contributed by atoms with van der Waals surface area (Å²) in [4.78, 5) is 25.3. The topological polar surface area (TPSA) is 46.2 Å². The third kappa shape index (κ3) is 1.77. The zero-order valence-corrected chi connectivity index (χ0v) is 13.3. The normalized spacial score (nSPS) is 30.6. The molecule has 2 atom stereocenters. The van der Waals surface area contributed by atoms with Gasteiger partial charge in [-0.05, 0) is 53.2 Å². The molecule has 0 heterocycles. The van der Waals surface area contributed by atoms with E-state index in [1.165, 1.54) is 0 Å². The summed E-state index contributed by atoms with van der Waals surface area (Å²) in [6.45, 7) is 3.96. The Morgan fingerprint density at radius 1 is 1.35 bits per heavy atom. The van der Waals surface area contributed by atoms with Crippen LogP contribution in [0.5, 0.6) is 0 Å². The molecule has 3 nitrogen and oxygen atoms in total. The standard InChI is InChI=1S/C16H18BrNO2/c1-15(2)10-7-8-16(9-10,13(15)19)14(20)18-12-6-4-3-5-11(12)17/h3-6,10H,7-9H2,1-2H3,(H,18,20)/t10-,16-/m0/s1. The second-order valence-corrected chi connectivity index (χ2v) is 7.36. The number of amides is 1. The van der Waals surface area contributed by atoms with Gasteiger partial charge >= 0.3 is 0 Å². The quantitative estimate of drug-likeness (QED) is 0.836. The van der Waals surface area contributed by atoms with E-state index in [9.17, 15) is 9.59 Å². The first kappa shape index (κ1) is 13.8. The van der Waals surface area contributed by atoms with Gasteiger partial charge in [0, 0.05) is 9.89 Å². The molecule has 0 unspecified atom stereocenters. The molecule has 1 aromatic carbocycles. The molecule has 0 aromatic heterocycles. The smallest absolute Gasteiger partial charge is 0.238 e. The SMILES string of the molecule is CC1(C)C(=O)[C@]2(C(=O)Nc3ccccc3Br)CC[C@H]1C2. The second-order valence-electron chi connectivity index (χ2n) is 6.51. The Kier molecular flexibility index (Phi) is 3.05. The van der Waals surface area contributed by atoms with Crippen LogP contribution in [0.3, 0.4) is 0 Å². The minimum Gasteiger partial charge on any atom is -0.324 e. The molecule has 0 radical (unpaired) electrons. The molecular weight excluding hydrogens is 318 g/mol. The van der Waals surface area contributed by atoms with E-state index in [2.05, 4.69) is 21.2 Å². The lowest BCUT2D eigenvalue weighted by Crippen LogP contribution is -2.44. The lowest BCUT2D eigenvalue weighted by atomic mass is 9.70. The van der Waals surface area contributed by atoms with E-state index in [1.54, 1.807) is 0 Å². The number of halogens is 1. The van der Waals surface area contributed by atoms with Crippen molar-refractivity contribution in [1.29, 1.82) is 0 Å². The van der Waals surface area contributed by atoms with Crippen LogP contribution >= 0.6 is 15.9 Å². The van der Waals surface area contributed by atoms with Crippen LogP contribution in [0.4, 0.5) is 5.69 Å². The van der Waals surface area contributed by atoms with Crippen molar-refractivity contribution in [3.05, 3.63) is 28.7 Å². The van der Waals surface area contributed by atoms with Gasteiger partial charge in [-0.15, -0.1) is 0 Å². The highest BCUT2D eigenvalue weighted by Crippen LogP contribution is 2.60. The van der Waals surface area contributed by atoms with Crippen LogP contribution in [-0.4, -0.2) is 11.7 Å². The van der Waals surface area contributed by atoms with Gasteiger partial charge in [0.1, 0.15) is 5.41 Å². The number of fused-ring (bicyclic) bond motifs is 2. The number of hydrogen-bond acceptors (Lipinski definition) is 2. The highest BCUT2D eigenvalue weighted by atomic mass is 79.9. The van der Waals surface area contributed by atoms with Gasteiger partial charge in [0.05, 0.1) is 5.69 Å². The molecule has 1 amide bonds. The van der Waals surface area contributed by atoms with Gasteiger partial charge in [0.2, 0.25) is 5.91 Å². The molecule has 3 rings (SSSR count). The monoisotopic (exact) mass is 335 g/mol. The van der Waals surface area contributed by atoms with Crippen molar-refractivity contribution in [3.63, 3.8) is 0 Å². The molecule has 2 aliphatic rings. The van der Waals surface area contributed by atoms with Crippen molar-refractivity contribution < 1.29 is 9.59 Å². The Hall–Kier alpha value is -1.16. The number of anilines is 1. The Bertz CT molecular complexity index is 596. The molecule has 2 fully saturated rings. The lowest BCUT2D eigenvalue weighted by molar-refractivity contribution is -0.142. The number of hydrogen-bond donors (Lipinski definition) is 1. The number of nitrogens with one attached hydrogen (secondary N) is 1. The molecule has 1 aromatic rings. The van der Waals surface area contributed by atoms with Crippen LogP contribution < -0.4 is 5.32 Å². The van der Waals surface area contributed by atoms with Crippen LogP contribution in [0, 0.1) is 16.7 Å². The van der Waals surface area contributed by atoms with Crippen molar-refractivity contribution in [1.82, 2.24) is 0 Å². The number of carbonyl (C=O) groups is 2. The molecule has 0 aliphatic heterocycles. The molecule has 106 valence electrons. The predicted molar refractivity (Wildman–Crippen MR) is 81.3 cm³/mol. The summed E-state index contributed by atoms with van der Waals surface area (Å²) in [6.07, 6.45) is 2.37. The Balaban J connectivity index is 1.89. The Morgan fingerprint density at radius 3 is 2.65 bits per heavy atom. The van der Waals surface area contributed by atoms with Gasteiger partial charge in [-0.2, -0.15) is 0 Å². The van der Waals surface area contributed by atoms with Crippen LogP contribution in [0.2, 0.25) is 0 Å². The van der Waals surface area contributed by atoms with E-state index in [1.807, 2.05) is 38.1 Å². The molecule has 0 saturated heterocycles. The van der Waals surface area contributed by atoms with Crippen molar-refractivity contribution in [2.24, 2.45) is 16.7 Å². The molecule has 20 heavy (non-hydrogen) atoms. The van der Waals surface area contributed by atoms with E-state index >= 15 is 0 Å². The second kappa shape index (κ2) is 4.42. The Labute approximate surface area is 127 Å². The fourth-order valence-corrected chi connectivity index (χ4v) is 4.17. The average molecular weight is 336 g/mol. The van der Waals surface area contributed by atoms with Crippen LogP contribution in [0.1, 0.15) is 33.1 Å². The summed E-state index contributed by atoms with van der Waals surface area (Å²) in [7, 11) is 0.